The van der Waals surface area contributed by atoms with Gasteiger partial charge in [-0.2, -0.15) is 0 Å². The Morgan fingerprint density at radius 1 is 1.44 bits per heavy atom. The number of hydrogen-bond acceptors (Lipinski definition) is 2. The molecule has 3 nitrogen and oxygen atoms in total. The number of ether oxygens (including phenoxy) is 1. The number of hydrogen-bond donors (Lipinski definition) is 1. The Morgan fingerprint density at radius 3 is 2.78 bits per heavy atom. The highest BCUT2D eigenvalue weighted by Crippen LogP contribution is 2.27. The van der Waals surface area contributed by atoms with Crippen LogP contribution < -0.4 is 10.1 Å². The van der Waals surface area contributed by atoms with E-state index in [1.807, 2.05) is 0 Å². The maximum atomic E-state index is 13.7. The van der Waals surface area contributed by atoms with Crippen LogP contribution >= 0.6 is 11.6 Å². The highest BCUT2D eigenvalue weighted by molar-refractivity contribution is 6.29. The summed E-state index contributed by atoms with van der Waals surface area (Å²) in [5, 5.41) is 2.49. The van der Waals surface area contributed by atoms with Crippen LogP contribution in [0.5, 0.6) is 5.75 Å². The lowest BCUT2D eigenvalue weighted by Gasteiger charge is -2.14. The minimum Gasteiger partial charge on any atom is -0.487 e. The van der Waals surface area contributed by atoms with Crippen LogP contribution in [0.15, 0.2) is 18.2 Å². The molecule has 1 aromatic rings. The summed E-state index contributed by atoms with van der Waals surface area (Å²) in [4.78, 5) is 11.1. The predicted octanol–water partition coefficient (Wildman–Crippen LogP) is 3.32. The van der Waals surface area contributed by atoms with Gasteiger partial charge >= 0.3 is 0 Å². The largest absolute Gasteiger partial charge is 0.487 e. The van der Waals surface area contributed by atoms with Gasteiger partial charge in [0.2, 0.25) is 5.91 Å². The monoisotopic (exact) mass is 271 g/mol. The zero-order valence-electron chi connectivity index (χ0n) is 9.92. The highest BCUT2D eigenvalue weighted by atomic mass is 35.5. The first-order chi connectivity index (χ1) is 8.69. The molecule has 0 aliphatic heterocycles. The molecule has 1 fully saturated rings. The van der Waals surface area contributed by atoms with Gasteiger partial charge in [-0.25, -0.2) is 4.39 Å². The summed E-state index contributed by atoms with van der Waals surface area (Å²) in [6.07, 6.45) is 4.34. The number of alkyl halides is 1. The summed E-state index contributed by atoms with van der Waals surface area (Å²) in [6.45, 7) is 0. The smallest absolute Gasteiger partial charge is 0.239 e. The zero-order chi connectivity index (χ0) is 13.0. The van der Waals surface area contributed by atoms with E-state index in [9.17, 15) is 9.18 Å². The molecule has 1 aliphatic carbocycles. The summed E-state index contributed by atoms with van der Waals surface area (Å²) in [7, 11) is 0. The van der Waals surface area contributed by atoms with Crippen molar-refractivity contribution in [3.8, 4) is 5.75 Å². The molecule has 0 saturated heterocycles. The van der Waals surface area contributed by atoms with Gasteiger partial charge in [-0.15, -0.1) is 11.6 Å². The molecule has 5 heteroatoms. The molecule has 1 saturated carbocycles. The molecule has 0 radical (unpaired) electrons. The number of carbonyl (C=O) groups excluding carboxylic acids is 1. The molecule has 0 bridgehead atoms. The van der Waals surface area contributed by atoms with Crippen molar-refractivity contribution in [2.75, 3.05) is 11.2 Å². The number of carbonyl (C=O) groups is 1. The van der Waals surface area contributed by atoms with Gasteiger partial charge in [0.15, 0.2) is 11.6 Å². The summed E-state index contributed by atoms with van der Waals surface area (Å²) in [6, 6.07) is 4.39. The third-order valence-corrected chi connectivity index (χ3v) is 3.18. The Balaban J connectivity index is 2.02. The second kappa shape index (κ2) is 6.05. The van der Waals surface area contributed by atoms with E-state index in [1.165, 1.54) is 12.1 Å². The lowest BCUT2D eigenvalue weighted by molar-refractivity contribution is -0.113. The molecule has 0 atom stereocenters. The van der Waals surface area contributed by atoms with Crippen LogP contribution in [0.4, 0.5) is 10.1 Å². The second-order valence-corrected chi connectivity index (χ2v) is 4.62. The number of amides is 1. The number of rotatable bonds is 4. The maximum Gasteiger partial charge on any atom is 0.239 e. The lowest BCUT2D eigenvalue weighted by atomic mass is 10.2. The van der Waals surface area contributed by atoms with Crippen LogP contribution in [0.1, 0.15) is 25.7 Å². The van der Waals surface area contributed by atoms with Crippen molar-refractivity contribution in [2.45, 2.75) is 31.8 Å². The van der Waals surface area contributed by atoms with E-state index >= 15 is 0 Å². The molecule has 2 rings (SSSR count). The zero-order valence-corrected chi connectivity index (χ0v) is 10.7. The second-order valence-electron chi connectivity index (χ2n) is 4.35. The van der Waals surface area contributed by atoms with Crippen LogP contribution in [0.25, 0.3) is 0 Å². The van der Waals surface area contributed by atoms with Crippen molar-refractivity contribution >= 4 is 23.2 Å². The SMILES string of the molecule is O=C(CCl)Nc1ccc(OC2CCCC2)c(F)c1. The van der Waals surface area contributed by atoms with Gasteiger partial charge in [0.1, 0.15) is 5.88 Å². The third-order valence-electron chi connectivity index (χ3n) is 2.93. The molecule has 98 valence electrons. The van der Waals surface area contributed by atoms with Crippen molar-refractivity contribution < 1.29 is 13.9 Å². The first-order valence-corrected chi connectivity index (χ1v) is 6.54. The predicted molar refractivity (Wildman–Crippen MR) is 68.6 cm³/mol. The minimum atomic E-state index is -0.464. The standard InChI is InChI=1S/C13H15ClFNO2/c14-8-13(17)16-9-5-6-12(11(15)7-9)18-10-3-1-2-4-10/h5-7,10H,1-4,8H2,(H,16,17). The number of halogens is 2. The molecule has 0 aromatic heterocycles. The summed E-state index contributed by atoms with van der Waals surface area (Å²) < 4.78 is 19.3. The average molecular weight is 272 g/mol. The van der Waals surface area contributed by atoms with Crippen LogP contribution in [0.2, 0.25) is 0 Å². The number of nitrogens with one attached hydrogen (secondary N) is 1. The fourth-order valence-corrected chi connectivity index (χ4v) is 2.12. The summed E-state index contributed by atoms with van der Waals surface area (Å²) in [5.41, 5.74) is 0.386. The third kappa shape index (κ3) is 3.35. The van der Waals surface area contributed by atoms with E-state index in [-0.39, 0.29) is 23.6 Å². The van der Waals surface area contributed by atoms with Gasteiger partial charge in [-0.3, -0.25) is 4.79 Å². The van der Waals surface area contributed by atoms with Crippen LogP contribution in [0.3, 0.4) is 0 Å². The minimum absolute atomic E-state index is 0.114. The molecule has 0 spiro atoms. The molecule has 1 amide bonds. The lowest BCUT2D eigenvalue weighted by Crippen LogP contribution is -2.14. The Morgan fingerprint density at radius 2 is 2.17 bits per heavy atom. The Labute approximate surface area is 110 Å². The molecule has 1 aliphatic rings. The van der Waals surface area contributed by atoms with Gasteiger partial charge in [0.05, 0.1) is 6.10 Å². The topological polar surface area (TPSA) is 38.3 Å². The van der Waals surface area contributed by atoms with Crippen molar-refractivity contribution in [2.24, 2.45) is 0 Å². The van der Waals surface area contributed by atoms with Crippen LogP contribution in [0, 0.1) is 5.82 Å². The molecule has 1 aromatic carbocycles. The highest BCUT2D eigenvalue weighted by Gasteiger charge is 2.18. The van der Waals surface area contributed by atoms with E-state index in [1.54, 1.807) is 6.07 Å². The first kappa shape index (κ1) is 13.1. The normalized spacial score (nSPS) is 15.7. The molecular formula is C13H15ClFNO2. The Hall–Kier alpha value is -1.29. The van der Waals surface area contributed by atoms with E-state index in [0.29, 0.717) is 5.69 Å². The summed E-state index contributed by atoms with van der Waals surface area (Å²) >= 11 is 5.36. The summed E-state index contributed by atoms with van der Waals surface area (Å²) in [5.74, 6) is -0.734. The molecular weight excluding hydrogens is 257 g/mol. The average Bonchev–Trinajstić information content (AvgIpc) is 2.85. The first-order valence-electron chi connectivity index (χ1n) is 6.01. The molecule has 18 heavy (non-hydrogen) atoms. The van der Waals surface area contributed by atoms with Crippen molar-refractivity contribution in [3.63, 3.8) is 0 Å². The van der Waals surface area contributed by atoms with E-state index in [0.717, 1.165) is 25.7 Å². The number of benzene rings is 1. The van der Waals surface area contributed by atoms with Crippen molar-refractivity contribution in [3.05, 3.63) is 24.0 Å². The van der Waals surface area contributed by atoms with Crippen molar-refractivity contribution in [1.82, 2.24) is 0 Å². The molecule has 1 N–H and O–H groups in total. The maximum absolute atomic E-state index is 13.7. The van der Waals surface area contributed by atoms with Gasteiger partial charge in [0, 0.05) is 11.8 Å². The van der Waals surface area contributed by atoms with Gasteiger partial charge < -0.3 is 10.1 Å². The Kier molecular flexibility index (Phi) is 4.42. The van der Waals surface area contributed by atoms with E-state index in [2.05, 4.69) is 5.32 Å². The molecule has 0 heterocycles. The quantitative estimate of drug-likeness (QED) is 0.853. The number of anilines is 1. The van der Waals surface area contributed by atoms with E-state index < -0.39 is 5.82 Å². The van der Waals surface area contributed by atoms with Crippen LogP contribution in [-0.2, 0) is 4.79 Å². The fourth-order valence-electron chi connectivity index (χ4n) is 2.05. The van der Waals surface area contributed by atoms with Gasteiger partial charge in [0.25, 0.3) is 0 Å². The van der Waals surface area contributed by atoms with Gasteiger partial charge in [-0.05, 0) is 37.8 Å². The Bertz CT molecular complexity index is 433. The van der Waals surface area contributed by atoms with Gasteiger partial charge in [-0.1, -0.05) is 0 Å². The van der Waals surface area contributed by atoms with E-state index in [4.69, 9.17) is 16.3 Å². The van der Waals surface area contributed by atoms with Crippen molar-refractivity contribution in [1.29, 1.82) is 0 Å². The van der Waals surface area contributed by atoms with Crippen LogP contribution in [-0.4, -0.2) is 17.9 Å². The fraction of sp³-hybridized carbons (Fsp3) is 0.462. The molecule has 0 unspecified atom stereocenters.